The topological polar surface area (TPSA) is 102 Å². The van der Waals surface area contributed by atoms with E-state index < -0.39 is 11.6 Å². The fourth-order valence-electron chi connectivity index (χ4n) is 4.18. The van der Waals surface area contributed by atoms with E-state index in [0.717, 1.165) is 5.56 Å². The van der Waals surface area contributed by atoms with Gasteiger partial charge in [0.05, 0.1) is 23.8 Å². The van der Waals surface area contributed by atoms with Crippen LogP contribution in [-0.2, 0) is 9.59 Å². The van der Waals surface area contributed by atoms with Crippen LogP contribution in [0.15, 0.2) is 71.5 Å². The van der Waals surface area contributed by atoms with Crippen LogP contribution in [0.5, 0.6) is 5.75 Å². The molecule has 0 unspecified atom stereocenters. The smallest absolute Gasteiger partial charge is 0.278 e. The number of nitrogens with zero attached hydrogens (tertiary/aromatic N) is 2. The molecule has 1 aromatic heterocycles. The molecule has 0 bridgehead atoms. The quantitative estimate of drug-likeness (QED) is 0.387. The van der Waals surface area contributed by atoms with Crippen molar-refractivity contribution in [3.05, 3.63) is 82.6 Å². The van der Waals surface area contributed by atoms with E-state index in [9.17, 15) is 14.4 Å². The number of amides is 2. The van der Waals surface area contributed by atoms with Gasteiger partial charge in [-0.1, -0.05) is 30.7 Å². The summed E-state index contributed by atoms with van der Waals surface area (Å²) in [6.07, 6.45) is 0.377. The fraction of sp³-hybridized carbons (Fsp3) is 0.214. The molecule has 2 N–H and O–H groups in total. The number of hydrogen-bond donors (Lipinski definition) is 2. The van der Waals surface area contributed by atoms with Crippen molar-refractivity contribution in [3.63, 3.8) is 0 Å². The third kappa shape index (κ3) is 4.98. The molecule has 1 heterocycles. The van der Waals surface area contributed by atoms with Crippen molar-refractivity contribution in [2.24, 2.45) is 0 Å². The Morgan fingerprint density at radius 2 is 1.75 bits per heavy atom. The summed E-state index contributed by atoms with van der Waals surface area (Å²) in [5.74, 6) is 0.0964. The molecule has 8 heteroatoms. The van der Waals surface area contributed by atoms with Gasteiger partial charge < -0.3 is 15.4 Å². The lowest BCUT2D eigenvalue weighted by atomic mass is 10.0. The molecule has 0 aliphatic carbocycles. The van der Waals surface area contributed by atoms with Gasteiger partial charge >= 0.3 is 0 Å². The molecule has 1 atom stereocenters. The summed E-state index contributed by atoms with van der Waals surface area (Å²) in [4.78, 5) is 43.9. The Balaban J connectivity index is 1.87. The molecule has 4 rings (SSSR count). The summed E-state index contributed by atoms with van der Waals surface area (Å²) in [6.45, 7) is 5.17. The van der Waals surface area contributed by atoms with E-state index in [-0.39, 0.29) is 17.5 Å². The molecule has 3 aromatic carbocycles. The van der Waals surface area contributed by atoms with Crippen LogP contribution in [0.2, 0.25) is 0 Å². The number of carbonyl (C=O) groups excluding carboxylic acids is 2. The van der Waals surface area contributed by atoms with Gasteiger partial charge in [0.2, 0.25) is 11.8 Å². The lowest BCUT2D eigenvalue weighted by Gasteiger charge is -2.21. The highest BCUT2D eigenvalue weighted by molar-refractivity contribution is 5.96. The molecule has 36 heavy (non-hydrogen) atoms. The average molecular weight is 485 g/mol. The second kappa shape index (κ2) is 10.4. The molecule has 0 aliphatic heterocycles. The highest BCUT2D eigenvalue weighted by Gasteiger charge is 2.25. The minimum absolute atomic E-state index is 0.164. The predicted octanol–water partition coefficient (Wildman–Crippen LogP) is 4.93. The molecule has 0 radical (unpaired) electrons. The van der Waals surface area contributed by atoms with Crippen molar-refractivity contribution < 1.29 is 14.3 Å². The van der Waals surface area contributed by atoms with E-state index in [1.54, 1.807) is 49.6 Å². The van der Waals surface area contributed by atoms with Crippen molar-refractivity contribution in [2.45, 2.75) is 33.2 Å². The Hall–Kier alpha value is -4.46. The maximum absolute atomic E-state index is 14.0. The summed E-state index contributed by atoms with van der Waals surface area (Å²) < 4.78 is 6.68. The SMILES string of the molecule is CC[C@H](C(=O)Nc1ccc(OC)cc1)n1c(=O)c(-c2cc(C)ccc2NC(C)=O)nc2ccccc21. The molecular weight excluding hydrogens is 456 g/mol. The van der Waals surface area contributed by atoms with Gasteiger partial charge in [-0.2, -0.15) is 0 Å². The van der Waals surface area contributed by atoms with Crippen LogP contribution in [0.25, 0.3) is 22.3 Å². The average Bonchev–Trinajstić information content (AvgIpc) is 2.87. The van der Waals surface area contributed by atoms with Gasteiger partial charge in [-0.05, 0) is 61.9 Å². The van der Waals surface area contributed by atoms with E-state index in [4.69, 9.17) is 4.74 Å². The molecule has 0 spiro atoms. The normalized spacial score (nSPS) is 11.7. The molecule has 8 nitrogen and oxygen atoms in total. The molecule has 184 valence electrons. The van der Waals surface area contributed by atoms with Gasteiger partial charge in [-0.25, -0.2) is 4.98 Å². The number of aromatic nitrogens is 2. The zero-order valence-corrected chi connectivity index (χ0v) is 20.7. The zero-order chi connectivity index (χ0) is 25.8. The minimum atomic E-state index is -0.791. The second-order valence-electron chi connectivity index (χ2n) is 8.50. The first-order chi connectivity index (χ1) is 17.3. The number of ether oxygens (including phenoxy) is 1. The van der Waals surface area contributed by atoms with E-state index in [0.29, 0.717) is 40.1 Å². The highest BCUT2D eigenvalue weighted by atomic mass is 16.5. The van der Waals surface area contributed by atoms with Gasteiger partial charge in [-0.15, -0.1) is 0 Å². The number of nitrogens with one attached hydrogen (secondary N) is 2. The summed E-state index contributed by atoms with van der Waals surface area (Å²) >= 11 is 0. The van der Waals surface area contributed by atoms with Crippen LogP contribution in [0.3, 0.4) is 0 Å². The van der Waals surface area contributed by atoms with Crippen LogP contribution in [0.4, 0.5) is 11.4 Å². The van der Waals surface area contributed by atoms with Crippen molar-refractivity contribution in [1.82, 2.24) is 9.55 Å². The first-order valence-electron chi connectivity index (χ1n) is 11.7. The Bertz CT molecular complexity index is 1490. The number of hydrogen-bond acceptors (Lipinski definition) is 5. The molecule has 2 amide bonds. The predicted molar refractivity (Wildman–Crippen MR) is 141 cm³/mol. The van der Waals surface area contributed by atoms with E-state index in [1.807, 2.05) is 38.1 Å². The van der Waals surface area contributed by atoms with Gasteiger partial charge in [0.25, 0.3) is 5.56 Å². The minimum Gasteiger partial charge on any atom is -0.497 e. The standard InChI is InChI=1S/C28H28N4O4/c1-5-24(27(34)30-19-11-13-20(36-4)14-12-19)32-25-9-7-6-8-23(25)31-26(28(32)35)21-16-17(2)10-15-22(21)29-18(3)33/h6-16,24H,5H2,1-4H3,(H,29,33)(H,30,34)/t24-/m1/s1. The number of fused-ring (bicyclic) bond motifs is 1. The number of methoxy groups -OCH3 is 1. The Morgan fingerprint density at radius 1 is 1.03 bits per heavy atom. The van der Waals surface area contributed by atoms with Crippen molar-refractivity contribution in [2.75, 3.05) is 17.7 Å². The maximum Gasteiger partial charge on any atom is 0.278 e. The first-order valence-corrected chi connectivity index (χ1v) is 11.7. The highest BCUT2D eigenvalue weighted by Crippen LogP contribution is 2.29. The largest absolute Gasteiger partial charge is 0.497 e. The van der Waals surface area contributed by atoms with Crippen LogP contribution in [-0.4, -0.2) is 28.5 Å². The summed E-state index contributed by atoms with van der Waals surface area (Å²) in [5, 5.41) is 5.69. The van der Waals surface area contributed by atoms with Gasteiger partial charge in [0.15, 0.2) is 0 Å². The van der Waals surface area contributed by atoms with Crippen molar-refractivity contribution in [3.8, 4) is 17.0 Å². The van der Waals surface area contributed by atoms with Gasteiger partial charge in [0.1, 0.15) is 17.5 Å². The molecule has 0 aliphatic rings. The zero-order valence-electron chi connectivity index (χ0n) is 20.7. The number of rotatable bonds is 7. The number of anilines is 2. The van der Waals surface area contributed by atoms with E-state index in [1.165, 1.54) is 11.5 Å². The number of aryl methyl sites for hydroxylation is 1. The third-order valence-corrected chi connectivity index (χ3v) is 5.89. The fourth-order valence-corrected chi connectivity index (χ4v) is 4.18. The van der Waals surface area contributed by atoms with Crippen LogP contribution >= 0.6 is 0 Å². The number of benzene rings is 3. The first kappa shape index (κ1) is 24.7. The number of para-hydroxylation sites is 2. The Labute approximate surface area is 208 Å². The lowest BCUT2D eigenvalue weighted by Crippen LogP contribution is -2.34. The third-order valence-electron chi connectivity index (χ3n) is 5.89. The van der Waals surface area contributed by atoms with Crippen LogP contribution < -0.4 is 20.9 Å². The van der Waals surface area contributed by atoms with E-state index in [2.05, 4.69) is 15.6 Å². The van der Waals surface area contributed by atoms with Crippen molar-refractivity contribution >= 4 is 34.2 Å². The van der Waals surface area contributed by atoms with Gasteiger partial charge in [-0.3, -0.25) is 19.0 Å². The summed E-state index contributed by atoms with van der Waals surface area (Å²) in [6, 6.07) is 18.8. The van der Waals surface area contributed by atoms with Crippen LogP contribution in [0.1, 0.15) is 31.9 Å². The molecule has 0 saturated heterocycles. The van der Waals surface area contributed by atoms with Gasteiger partial charge in [0, 0.05) is 18.2 Å². The maximum atomic E-state index is 14.0. The van der Waals surface area contributed by atoms with Crippen LogP contribution in [0, 0.1) is 6.92 Å². The summed E-state index contributed by atoms with van der Waals surface area (Å²) in [5.41, 5.74) is 3.35. The molecule has 0 fully saturated rings. The Morgan fingerprint density at radius 3 is 2.42 bits per heavy atom. The summed E-state index contributed by atoms with van der Waals surface area (Å²) in [7, 11) is 1.57. The Kier molecular flexibility index (Phi) is 7.15. The van der Waals surface area contributed by atoms with E-state index >= 15 is 0 Å². The molecule has 4 aromatic rings. The number of carbonyl (C=O) groups is 2. The van der Waals surface area contributed by atoms with Crippen molar-refractivity contribution in [1.29, 1.82) is 0 Å². The molecular formula is C28H28N4O4. The molecule has 0 saturated carbocycles. The lowest BCUT2D eigenvalue weighted by molar-refractivity contribution is -0.119. The second-order valence-corrected chi connectivity index (χ2v) is 8.50. The monoisotopic (exact) mass is 484 g/mol.